The number of hydrogen-bond donors (Lipinski definition) is 4. The fraction of sp³-hybridized carbons (Fsp3) is 0.273. The fourth-order valence-electron chi connectivity index (χ4n) is 8.94. The minimum Gasteiger partial charge on any atom is -0.445 e. The van der Waals surface area contributed by atoms with Crippen LogP contribution in [0.1, 0.15) is 61.1 Å². The molecule has 4 aromatic carbocycles. The molecular weight excluding hydrogens is 1190 g/mol. The first-order valence-corrected chi connectivity index (χ1v) is 28.1. The summed E-state index contributed by atoms with van der Waals surface area (Å²) in [5.74, 6) is 1.15. The van der Waals surface area contributed by atoms with E-state index in [-0.39, 0.29) is 49.0 Å². The van der Waals surface area contributed by atoms with Gasteiger partial charge in [-0.25, -0.2) is 34.7 Å². The van der Waals surface area contributed by atoms with Gasteiger partial charge in [0.15, 0.2) is 5.15 Å². The van der Waals surface area contributed by atoms with E-state index in [9.17, 15) is 9.59 Å². The third-order valence-corrected chi connectivity index (χ3v) is 16.9. The van der Waals surface area contributed by atoms with E-state index >= 15 is 0 Å². The largest absolute Gasteiger partial charge is 0.445 e. The minimum absolute atomic E-state index is 0.0229. The van der Waals surface area contributed by atoms with Crippen LogP contribution >= 0.6 is 92.8 Å². The molecule has 2 aliphatic heterocycles. The van der Waals surface area contributed by atoms with Crippen LogP contribution in [-0.4, -0.2) is 101 Å². The average molecular weight is 1240 g/mol. The summed E-state index contributed by atoms with van der Waals surface area (Å²) >= 11 is 48.2. The maximum Gasteiger partial charge on any atom is 0.407 e. The van der Waals surface area contributed by atoms with Crippen molar-refractivity contribution in [2.24, 2.45) is 16.6 Å². The summed E-state index contributed by atoms with van der Waals surface area (Å²) in [5.41, 5.74) is 12.6. The second-order valence-corrected chi connectivity index (χ2v) is 22.8. The highest BCUT2D eigenvalue weighted by Crippen LogP contribution is 2.39. The number of nitrogens with one attached hydrogen (secondary N) is 3. The third-order valence-electron chi connectivity index (χ3n) is 14.0. The normalized spacial score (nSPS) is 14.7. The van der Waals surface area contributed by atoms with Crippen LogP contribution in [0.25, 0.3) is 44.8 Å². The van der Waals surface area contributed by atoms with Crippen molar-refractivity contribution in [2.45, 2.75) is 46.1 Å². The smallest absolute Gasteiger partial charge is 0.407 e. The lowest BCUT2D eigenvalue weighted by Crippen LogP contribution is -2.45. The lowest BCUT2D eigenvalue weighted by atomic mass is 9.80. The summed E-state index contributed by atoms with van der Waals surface area (Å²) in [4.78, 5) is 55.0. The van der Waals surface area contributed by atoms with Crippen LogP contribution in [0.15, 0.2) is 104 Å². The van der Waals surface area contributed by atoms with Gasteiger partial charge in [-0.2, -0.15) is 10.2 Å². The number of nitrogens with zero attached hydrogens (tertiary/aromatic N) is 10. The van der Waals surface area contributed by atoms with Crippen molar-refractivity contribution in [1.82, 2.24) is 55.6 Å². The van der Waals surface area contributed by atoms with Gasteiger partial charge < -0.3 is 25.6 Å². The number of aromatic amines is 2. The van der Waals surface area contributed by atoms with E-state index in [2.05, 4.69) is 74.3 Å². The molecule has 9 aromatic rings. The quantitative estimate of drug-likeness (QED) is 0.0885. The summed E-state index contributed by atoms with van der Waals surface area (Å²) < 4.78 is 5.34. The summed E-state index contributed by atoms with van der Waals surface area (Å²) in [5, 5.41) is 19.9. The van der Waals surface area contributed by atoms with Crippen molar-refractivity contribution in [1.29, 1.82) is 0 Å². The van der Waals surface area contributed by atoms with Gasteiger partial charge in [0.1, 0.15) is 40.1 Å². The summed E-state index contributed by atoms with van der Waals surface area (Å²) in [6, 6.07) is 25.3. The van der Waals surface area contributed by atoms with Crippen LogP contribution in [0, 0.1) is 10.8 Å². The van der Waals surface area contributed by atoms with E-state index in [0.717, 1.165) is 85.9 Å². The molecule has 2 fully saturated rings. The average Bonchev–Trinajstić information content (AvgIpc) is 4.10. The molecule has 0 atom stereocenters. The van der Waals surface area contributed by atoms with Gasteiger partial charge in [0.25, 0.3) is 0 Å². The Morgan fingerprint density at radius 1 is 0.613 bits per heavy atom. The zero-order valence-electron chi connectivity index (χ0n) is 42.9. The van der Waals surface area contributed by atoms with Gasteiger partial charge in [-0.3, -0.25) is 15.0 Å². The highest BCUT2D eigenvalue weighted by molar-refractivity contribution is 6.45. The zero-order chi connectivity index (χ0) is 56.7. The molecular formula is C55H50Cl8N14O3. The number of halogens is 8. The number of hydrogen-bond acceptors (Lipinski definition) is 14. The van der Waals surface area contributed by atoms with Gasteiger partial charge >= 0.3 is 6.09 Å². The Hall–Kier alpha value is -6.12. The highest BCUT2D eigenvalue weighted by atomic mass is 35.5. The Morgan fingerprint density at radius 2 is 1.11 bits per heavy atom. The number of nitrogens with two attached hydrogens (primary N) is 1. The SMILES string of the molecule is CC1(CN)CCN(c2cnc3c(-c4cccc(Cl)c4Cl)[nH]nc3n2)CC1.CC1(CNC(=O)OCc2ccccc2)CCN(c2cnc3c(-c4cccc(Cl)c4Cl)[nH]nc3n2)CC1.O=C(c1cccc(Cl)c1Cl)c1ncc(Cl)nc1Cl. The van der Waals surface area contributed by atoms with Gasteiger partial charge in [-0.1, -0.05) is 167 Å². The Morgan fingerprint density at radius 3 is 1.62 bits per heavy atom. The number of benzene rings is 4. The number of anilines is 2. The molecule has 11 rings (SSSR count). The first-order chi connectivity index (χ1) is 38.4. The maximum atomic E-state index is 12.2. The predicted molar refractivity (Wildman–Crippen MR) is 319 cm³/mol. The van der Waals surface area contributed by atoms with Crippen LogP contribution in [0.4, 0.5) is 16.4 Å². The predicted octanol–water partition coefficient (Wildman–Crippen LogP) is 14.1. The molecule has 0 bridgehead atoms. The van der Waals surface area contributed by atoms with Crippen molar-refractivity contribution >= 4 is 139 Å². The van der Waals surface area contributed by atoms with Crippen molar-refractivity contribution in [2.75, 3.05) is 49.1 Å². The number of H-pyrrole nitrogens is 2. The van der Waals surface area contributed by atoms with Crippen molar-refractivity contribution in [3.63, 3.8) is 0 Å². The molecule has 2 saturated heterocycles. The molecule has 0 unspecified atom stereocenters. The zero-order valence-corrected chi connectivity index (χ0v) is 48.9. The van der Waals surface area contributed by atoms with Gasteiger partial charge in [0.05, 0.1) is 60.1 Å². The first-order valence-electron chi connectivity index (χ1n) is 25.1. The number of ketones is 1. The van der Waals surface area contributed by atoms with E-state index in [1.165, 1.54) is 12.3 Å². The standard InChI is InChI=1S/C26H26Cl2N6O2.C18H20Cl2N6.C11H4Cl4N2O/c1-26(16-30-25(35)36-15-17-6-3-2-4-7-17)10-12-34(13-11-26)20-14-29-23-22(32-33-24(23)31-20)18-8-5-9-19(27)21(18)28;1-18(10-21)5-7-26(8-6-18)13-9-22-16-15(24-25-17(16)23-13)11-3-2-4-12(19)14(11)20;12-6-3-1-2-5(8(6)14)10(18)9-11(15)17-7(13)4-16-9/h2-9,14H,10-13,15-16H2,1H3,(H,30,35)(H,31,32,33);2-4,9H,5-8,10,21H2,1H3,(H,23,24,25);1-4H. The Balaban J connectivity index is 0.000000154. The maximum absolute atomic E-state index is 12.2. The number of carbonyl (C=O) groups excluding carboxylic acids is 2. The molecule has 0 saturated carbocycles. The molecule has 0 radical (unpaired) electrons. The van der Waals surface area contributed by atoms with Crippen LogP contribution in [-0.2, 0) is 11.3 Å². The van der Waals surface area contributed by atoms with Crippen molar-refractivity contribution in [3.8, 4) is 22.5 Å². The molecule has 25 heteroatoms. The monoisotopic (exact) mass is 1230 g/mol. The number of ether oxygens (including phenoxy) is 1. The molecule has 0 spiro atoms. The number of piperidine rings is 2. The summed E-state index contributed by atoms with van der Waals surface area (Å²) in [6.07, 6.45) is 8.30. The highest BCUT2D eigenvalue weighted by Gasteiger charge is 2.33. The second kappa shape index (κ2) is 25.8. The molecule has 0 aliphatic carbocycles. The summed E-state index contributed by atoms with van der Waals surface area (Å²) in [7, 11) is 0. The number of rotatable bonds is 11. The Labute approximate surface area is 500 Å². The number of carbonyl (C=O) groups is 2. The number of aromatic nitrogens is 10. The van der Waals surface area contributed by atoms with E-state index in [4.69, 9.17) is 108 Å². The Kier molecular flexibility index (Phi) is 18.9. The number of alkyl carbamates (subject to hydrolysis) is 1. The lowest BCUT2D eigenvalue weighted by molar-refractivity contribution is 0.103. The molecule has 2 aliphatic rings. The van der Waals surface area contributed by atoms with Crippen LogP contribution in [0.5, 0.6) is 0 Å². The fourth-order valence-corrected chi connectivity index (χ4v) is 10.5. The van der Waals surface area contributed by atoms with Crippen molar-refractivity contribution in [3.05, 3.63) is 161 Å². The summed E-state index contributed by atoms with van der Waals surface area (Å²) in [6.45, 7) is 9.41. The number of amides is 1. The van der Waals surface area contributed by atoms with Crippen LogP contribution in [0.3, 0.4) is 0 Å². The molecule has 17 nitrogen and oxygen atoms in total. The topological polar surface area (TPSA) is 223 Å². The minimum atomic E-state index is -0.461. The van der Waals surface area contributed by atoms with Crippen LogP contribution in [0.2, 0.25) is 40.4 Å². The van der Waals surface area contributed by atoms with Gasteiger partial charge in [0, 0.05) is 49.4 Å². The second-order valence-electron chi connectivity index (χ2n) is 19.7. The first kappa shape index (κ1) is 58.5. The molecule has 80 heavy (non-hydrogen) atoms. The van der Waals surface area contributed by atoms with Crippen molar-refractivity contribution < 1.29 is 14.3 Å². The van der Waals surface area contributed by atoms with Gasteiger partial charge in [-0.15, -0.1) is 0 Å². The van der Waals surface area contributed by atoms with E-state index in [1.807, 2.05) is 54.6 Å². The Bertz CT molecular complexity index is 3680. The molecule has 414 valence electrons. The third kappa shape index (κ3) is 13.6. The van der Waals surface area contributed by atoms with Gasteiger partial charge in [0.2, 0.25) is 17.1 Å². The number of fused-ring (bicyclic) bond motifs is 2. The molecule has 7 heterocycles. The van der Waals surface area contributed by atoms with E-state index in [1.54, 1.807) is 36.7 Å². The molecule has 1 amide bonds. The van der Waals surface area contributed by atoms with E-state index in [0.29, 0.717) is 61.2 Å². The van der Waals surface area contributed by atoms with E-state index < -0.39 is 11.9 Å². The van der Waals surface area contributed by atoms with Crippen LogP contribution < -0.4 is 20.9 Å². The molecule has 5 aromatic heterocycles. The molecule has 5 N–H and O–H groups in total. The van der Waals surface area contributed by atoms with Gasteiger partial charge in [-0.05, 0) is 72.9 Å². The lowest BCUT2D eigenvalue weighted by Gasteiger charge is -2.39.